The lowest BCUT2D eigenvalue weighted by Gasteiger charge is -2.20. The van der Waals surface area contributed by atoms with Gasteiger partial charge in [0.2, 0.25) is 5.91 Å². The van der Waals surface area contributed by atoms with Crippen LogP contribution < -0.4 is 9.64 Å². The number of hydrogen-bond donors (Lipinski definition) is 0. The summed E-state index contributed by atoms with van der Waals surface area (Å²) in [6.45, 7) is 3.52. The van der Waals surface area contributed by atoms with E-state index >= 15 is 0 Å². The molecule has 6 heteroatoms. The molecular formula is C19H29N3O3. The molecule has 0 unspecified atom stereocenters. The molecule has 2 saturated heterocycles. The van der Waals surface area contributed by atoms with Crippen molar-refractivity contribution in [2.45, 2.75) is 57.3 Å². The maximum Gasteiger partial charge on any atom is 0.222 e. The average Bonchev–Trinajstić information content (AvgIpc) is 3.22. The maximum absolute atomic E-state index is 12.5. The first kappa shape index (κ1) is 18.0. The summed E-state index contributed by atoms with van der Waals surface area (Å²) in [5.41, 5.74) is 0. The van der Waals surface area contributed by atoms with E-state index in [1.807, 2.05) is 36.0 Å². The highest BCUT2D eigenvalue weighted by Gasteiger charge is 2.29. The average molecular weight is 347 g/mol. The number of aromatic nitrogens is 1. The number of hydrogen-bond acceptors (Lipinski definition) is 5. The Bertz CT molecular complexity index is 593. The van der Waals surface area contributed by atoms with Crippen LogP contribution in [0.2, 0.25) is 0 Å². The van der Waals surface area contributed by atoms with E-state index in [-0.39, 0.29) is 18.1 Å². The molecule has 0 saturated carbocycles. The standard InChI is InChI=1S/C19H29N3O3/c1-14-6-7-15(24-14)8-9-18(23)22-12-10-16(13-22)25-17-5-4-11-20-19(17)21(2)3/h4-5,11,14-16H,6-10,12-13H2,1-3H3/t14-,15+,16+/m1/s1. The molecule has 138 valence electrons. The fourth-order valence-electron chi connectivity index (χ4n) is 3.58. The Balaban J connectivity index is 1.47. The number of likely N-dealkylation sites (tertiary alicyclic amines) is 1. The molecule has 25 heavy (non-hydrogen) atoms. The molecule has 1 aromatic heterocycles. The first-order valence-corrected chi connectivity index (χ1v) is 9.25. The van der Waals surface area contributed by atoms with Crippen LogP contribution in [0.1, 0.15) is 39.0 Å². The van der Waals surface area contributed by atoms with E-state index in [1.165, 1.54) is 0 Å². The number of carbonyl (C=O) groups is 1. The number of carbonyl (C=O) groups excluding carboxylic acids is 1. The summed E-state index contributed by atoms with van der Waals surface area (Å²) < 4.78 is 11.9. The fraction of sp³-hybridized carbons (Fsp3) is 0.684. The van der Waals surface area contributed by atoms with Crippen molar-refractivity contribution in [3.05, 3.63) is 18.3 Å². The highest BCUT2D eigenvalue weighted by atomic mass is 16.5. The van der Waals surface area contributed by atoms with Crippen molar-refractivity contribution in [2.24, 2.45) is 0 Å². The second kappa shape index (κ2) is 8.04. The lowest BCUT2D eigenvalue weighted by Crippen LogP contribution is -2.31. The fourth-order valence-corrected chi connectivity index (χ4v) is 3.58. The summed E-state index contributed by atoms with van der Waals surface area (Å²) in [4.78, 5) is 20.7. The molecular weight excluding hydrogens is 318 g/mol. The van der Waals surface area contributed by atoms with Gasteiger partial charge in [-0.2, -0.15) is 0 Å². The Morgan fingerprint density at radius 1 is 1.40 bits per heavy atom. The van der Waals surface area contributed by atoms with E-state index in [1.54, 1.807) is 6.20 Å². The van der Waals surface area contributed by atoms with Crippen LogP contribution >= 0.6 is 0 Å². The minimum atomic E-state index is 0.0367. The SMILES string of the molecule is C[C@@H]1CC[C@@H](CCC(=O)N2CC[C@H](Oc3cccnc3N(C)C)C2)O1. The van der Waals surface area contributed by atoms with E-state index in [4.69, 9.17) is 9.47 Å². The van der Waals surface area contributed by atoms with Gasteiger partial charge in [0.15, 0.2) is 11.6 Å². The smallest absolute Gasteiger partial charge is 0.222 e. The van der Waals surface area contributed by atoms with E-state index in [0.717, 1.165) is 43.8 Å². The Morgan fingerprint density at radius 2 is 2.24 bits per heavy atom. The summed E-state index contributed by atoms with van der Waals surface area (Å²) >= 11 is 0. The number of rotatable bonds is 6. The Kier molecular flexibility index (Phi) is 5.78. The van der Waals surface area contributed by atoms with Crippen LogP contribution in [0.3, 0.4) is 0 Å². The molecule has 0 N–H and O–H groups in total. The van der Waals surface area contributed by atoms with Gasteiger partial charge in [-0.25, -0.2) is 4.98 Å². The van der Waals surface area contributed by atoms with Crippen LogP contribution in [-0.2, 0) is 9.53 Å². The van der Waals surface area contributed by atoms with Crippen molar-refractivity contribution in [2.75, 3.05) is 32.1 Å². The van der Waals surface area contributed by atoms with Crippen molar-refractivity contribution in [3.63, 3.8) is 0 Å². The Labute approximate surface area is 150 Å². The zero-order valence-electron chi connectivity index (χ0n) is 15.5. The summed E-state index contributed by atoms with van der Waals surface area (Å²) in [5.74, 6) is 1.81. The molecule has 0 bridgehead atoms. The Hall–Kier alpha value is -1.82. The minimum Gasteiger partial charge on any atom is -0.485 e. The van der Waals surface area contributed by atoms with Crippen LogP contribution in [0.5, 0.6) is 5.75 Å². The summed E-state index contributed by atoms with van der Waals surface area (Å²) in [7, 11) is 3.90. The monoisotopic (exact) mass is 347 g/mol. The maximum atomic E-state index is 12.5. The molecule has 0 spiro atoms. The predicted octanol–water partition coefficient (Wildman–Crippen LogP) is 2.48. The van der Waals surface area contributed by atoms with Gasteiger partial charge in [0.05, 0.1) is 18.8 Å². The molecule has 0 aliphatic carbocycles. The summed E-state index contributed by atoms with van der Waals surface area (Å²) in [5, 5.41) is 0. The summed E-state index contributed by atoms with van der Waals surface area (Å²) in [6, 6.07) is 3.81. The molecule has 1 amide bonds. The van der Waals surface area contributed by atoms with Crippen LogP contribution in [-0.4, -0.2) is 61.3 Å². The third-order valence-electron chi connectivity index (χ3n) is 4.97. The van der Waals surface area contributed by atoms with E-state index in [0.29, 0.717) is 19.1 Å². The van der Waals surface area contributed by atoms with Crippen LogP contribution in [0.4, 0.5) is 5.82 Å². The van der Waals surface area contributed by atoms with Crippen LogP contribution in [0, 0.1) is 0 Å². The first-order chi connectivity index (χ1) is 12.0. The van der Waals surface area contributed by atoms with Gasteiger partial charge >= 0.3 is 0 Å². The molecule has 0 aromatic carbocycles. The van der Waals surface area contributed by atoms with E-state index in [2.05, 4.69) is 11.9 Å². The number of anilines is 1. The molecule has 2 aliphatic heterocycles. The first-order valence-electron chi connectivity index (χ1n) is 9.25. The third-order valence-corrected chi connectivity index (χ3v) is 4.97. The zero-order valence-corrected chi connectivity index (χ0v) is 15.5. The molecule has 6 nitrogen and oxygen atoms in total. The lowest BCUT2D eigenvalue weighted by atomic mass is 10.1. The van der Waals surface area contributed by atoms with Crippen LogP contribution in [0.15, 0.2) is 18.3 Å². The van der Waals surface area contributed by atoms with Gasteiger partial charge in [-0.1, -0.05) is 0 Å². The second-order valence-electron chi connectivity index (χ2n) is 7.27. The molecule has 3 atom stereocenters. The normalized spacial score (nSPS) is 26.0. The number of ether oxygens (including phenoxy) is 2. The van der Waals surface area contributed by atoms with E-state index in [9.17, 15) is 4.79 Å². The third kappa shape index (κ3) is 4.63. The predicted molar refractivity (Wildman–Crippen MR) is 97.0 cm³/mol. The molecule has 2 fully saturated rings. The molecule has 1 aromatic rings. The van der Waals surface area contributed by atoms with Gasteiger partial charge in [-0.05, 0) is 38.3 Å². The van der Waals surface area contributed by atoms with Gasteiger partial charge in [-0.15, -0.1) is 0 Å². The molecule has 3 rings (SSSR count). The molecule has 3 heterocycles. The van der Waals surface area contributed by atoms with Crippen molar-refractivity contribution in [3.8, 4) is 5.75 Å². The van der Waals surface area contributed by atoms with Gasteiger partial charge < -0.3 is 19.3 Å². The zero-order chi connectivity index (χ0) is 17.8. The summed E-state index contributed by atoms with van der Waals surface area (Å²) in [6.07, 6.45) is 6.85. The largest absolute Gasteiger partial charge is 0.485 e. The molecule has 2 aliphatic rings. The topological polar surface area (TPSA) is 54.9 Å². The minimum absolute atomic E-state index is 0.0367. The number of amides is 1. The lowest BCUT2D eigenvalue weighted by molar-refractivity contribution is -0.131. The quantitative estimate of drug-likeness (QED) is 0.791. The van der Waals surface area contributed by atoms with Crippen molar-refractivity contribution >= 4 is 11.7 Å². The van der Waals surface area contributed by atoms with E-state index < -0.39 is 0 Å². The van der Waals surface area contributed by atoms with Crippen molar-refractivity contribution in [1.29, 1.82) is 0 Å². The van der Waals surface area contributed by atoms with Crippen molar-refractivity contribution in [1.82, 2.24) is 9.88 Å². The van der Waals surface area contributed by atoms with Gasteiger partial charge in [0.1, 0.15) is 6.10 Å². The number of nitrogens with zero attached hydrogens (tertiary/aromatic N) is 3. The highest BCUT2D eigenvalue weighted by Crippen LogP contribution is 2.27. The van der Waals surface area contributed by atoms with Gasteiger partial charge in [-0.3, -0.25) is 4.79 Å². The highest BCUT2D eigenvalue weighted by molar-refractivity contribution is 5.76. The van der Waals surface area contributed by atoms with Gasteiger partial charge in [0.25, 0.3) is 0 Å². The second-order valence-corrected chi connectivity index (χ2v) is 7.27. The van der Waals surface area contributed by atoms with Crippen molar-refractivity contribution < 1.29 is 14.3 Å². The number of pyridine rings is 1. The van der Waals surface area contributed by atoms with Crippen LogP contribution in [0.25, 0.3) is 0 Å². The molecule has 0 radical (unpaired) electrons. The van der Waals surface area contributed by atoms with Gasteiger partial charge in [0, 0.05) is 39.7 Å². The Morgan fingerprint density at radius 3 is 2.96 bits per heavy atom.